The Balaban J connectivity index is 2.19. The van der Waals surface area contributed by atoms with Crippen LogP contribution in [-0.4, -0.2) is 68.9 Å². The second-order valence-electron chi connectivity index (χ2n) is 11.0. The molecule has 2 fully saturated rings. The second-order valence-corrected chi connectivity index (χ2v) is 12.1. The number of ether oxygens (including phenoxy) is 1. The van der Waals surface area contributed by atoms with Crippen molar-refractivity contribution in [3.63, 3.8) is 0 Å². The number of carbonyl (C=O) groups excluding carboxylic acids is 4. The van der Waals surface area contributed by atoms with Crippen molar-refractivity contribution in [3.05, 3.63) is 12.7 Å². The zero-order chi connectivity index (χ0) is 26.1. The third kappa shape index (κ3) is 6.58. The summed E-state index contributed by atoms with van der Waals surface area (Å²) in [7, 11) is -1.58. The van der Waals surface area contributed by atoms with Gasteiger partial charge in [0.25, 0.3) is 5.91 Å². The van der Waals surface area contributed by atoms with Gasteiger partial charge < -0.3 is 20.3 Å². The highest BCUT2D eigenvalue weighted by Gasteiger charge is 2.60. The first-order chi connectivity index (χ1) is 15.5. The molecule has 1 saturated carbocycles. The van der Waals surface area contributed by atoms with E-state index in [0.29, 0.717) is 25.8 Å². The zero-order valence-corrected chi connectivity index (χ0v) is 22.0. The highest BCUT2D eigenvalue weighted by atomic mass is 32.2. The van der Waals surface area contributed by atoms with Crippen LogP contribution in [-0.2, 0) is 30.1 Å². The monoisotopic (exact) mass is 498 g/mol. The Bertz CT molecular complexity index is 878. The lowest BCUT2D eigenvalue weighted by Gasteiger charge is -2.36. The molecule has 192 valence electrons. The van der Waals surface area contributed by atoms with Gasteiger partial charge in [-0.05, 0) is 45.4 Å². The van der Waals surface area contributed by atoms with Crippen LogP contribution in [0.4, 0.5) is 4.79 Å². The lowest BCUT2D eigenvalue weighted by Crippen LogP contribution is -2.60. The van der Waals surface area contributed by atoms with Crippen LogP contribution in [0.2, 0.25) is 0 Å². The number of rotatable bonds is 7. The van der Waals surface area contributed by atoms with Gasteiger partial charge in [0.15, 0.2) is 0 Å². The Morgan fingerprint density at radius 3 is 2.26 bits per heavy atom. The molecule has 0 aromatic heterocycles. The van der Waals surface area contributed by atoms with Gasteiger partial charge in [0, 0.05) is 18.7 Å². The van der Waals surface area contributed by atoms with Gasteiger partial charge in [0.05, 0.1) is 0 Å². The third-order valence-electron chi connectivity index (χ3n) is 5.90. The van der Waals surface area contributed by atoms with Crippen LogP contribution >= 0.6 is 0 Å². The minimum atomic E-state index is -1.58. The van der Waals surface area contributed by atoms with Crippen LogP contribution in [0, 0.1) is 11.3 Å². The molecule has 4 unspecified atom stereocenters. The number of alkyl carbamates (subject to hydrolysis) is 1. The highest BCUT2D eigenvalue weighted by molar-refractivity contribution is 7.82. The zero-order valence-electron chi connectivity index (χ0n) is 21.1. The quantitative estimate of drug-likeness (QED) is 0.454. The minimum Gasteiger partial charge on any atom is -0.444 e. The van der Waals surface area contributed by atoms with E-state index >= 15 is 0 Å². The molecule has 1 aliphatic carbocycles. The molecule has 0 bridgehead atoms. The SMILES string of the molecule is C=CC1CC1(NC(=O)C1CCCN1C(=O)[C@@H](NC(=O)OC(C)(C)C)C(C)(C)C)C(=O)NS(C)=O. The summed E-state index contributed by atoms with van der Waals surface area (Å²) in [5.41, 5.74) is -2.59. The van der Waals surface area contributed by atoms with E-state index in [4.69, 9.17) is 4.74 Å². The largest absolute Gasteiger partial charge is 0.444 e. The van der Waals surface area contributed by atoms with Crippen molar-refractivity contribution >= 4 is 34.8 Å². The lowest BCUT2D eigenvalue weighted by atomic mass is 9.85. The normalized spacial score (nSPS) is 26.1. The van der Waals surface area contributed by atoms with E-state index in [2.05, 4.69) is 21.9 Å². The Hall–Kier alpha value is -2.43. The van der Waals surface area contributed by atoms with Crippen LogP contribution in [0.3, 0.4) is 0 Å². The molecule has 0 radical (unpaired) electrons. The molecule has 34 heavy (non-hydrogen) atoms. The molecule has 4 amide bonds. The van der Waals surface area contributed by atoms with Crippen molar-refractivity contribution in [2.24, 2.45) is 11.3 Å². The van der Waals surface area contributed by atoms with Gasteiger partial charge >= 0.3 is 6.09 Å². The third-order valence-corrected chi connectivity index (χ3v) is 6.37. The predicted molar refractivity (Wildman–Crippen MR) is 129 cm³/mol. The molecule has 5 atom stereocenters. The van der Waals surface area contributed by atoms with E-state index in [-0.39, 0.29) is 11.8 Å². The standard InChI is InChI=1S/C23H38N4O6S/c1-9-14-13-23(14,19(30)26-34(8)32)25-17(28)15-11-10-12-27(15)18(29)16(21(2,3)4)24-20(31)33-22(5,6)7/h9,14-16H,1,10-13H2,2-8H3,(H,24,31)(H,25,28)(H,26,30)/t14?,15?,16-,23?,34?/m1/s1. The van der Waals surface area contributed by atoms with E-state index in [1.54, 1.807) is 26.8 Å². The van der Waals surface area contributed by atoms with Gasteiger partial charge in [-0.2, -0.15) is 0 Å². The molecule has 0 spiro atoms. The summed E-state index contributed by atoms with van der Waals surface area (Å²) in [4.78, 5) is 53.3. The number of nitrogens with zero attached hydrogens (tertiary/aromatic N) is 1. The van der Waals surface area contributed by atoms with Crippen molar-refractivity contribution < 1.29 is 28.1 Å². The molecule has 1 heterocycles. The maximum Gasteiger partial charge on any atom is 0.408 e. The predicted octanol–water partition coefficient (Wildman–Crippen LogP) is 1.39. The smallest absolute Gasteiger partial charge is 0.408 e. The van der Waals surface area contributed by atoms with Gasteiger partial charge in [0.2, 0.25) is 11.8 Å². The Kier molecular flexibility index (Phi) is 8.22. The second kappa shape index (κ2) is 10.1. The molecule has 1 aliphatic heterocycles. The first kappa shape index (κ1) is 27.8. The number of nitrogens with one attached hydrogen (secondary N) is 3. The molecule has 11 heteroatoms. The summed E-state index contributed by atoms with van der Waals surface area (Å²) in [6, 6.07) is -1.71. The first-order valence-electron chi connectivity index (χ1n) is 11.4. The van der Waals surface area contributed by atoms with Gasteiger partial charge in [-0.1, -0.05) is 26.8 Å². The van der Waals surface area contributed by atoms with E-state index in [9.17, 15) is 23.4 Å². The van der Waals surface area contributed by atoms with Crippen LogP contribution in [0.25, 0.3) is 0 Å². The number of carbonyl (C=O) groups is 4. The van der Waals surface area contributed by atoms with Crippen LogP contribution in [0.5, 0.6) is 0 Å². The van der Waals surface area contributed by atoms with Gasteiger partial charge in [-0.15, -0.1) is 6.58 Å². The number of likely N-dealkylation sites (tertiary alicyclic amines) is 1. The van der Waals surface area contributed by atoms with Crippen LogP contribution in [0.1, 0.15) is 60.8 Å². The van der Waals surface area contributed by atoms with Crippen molar-refractivity contribution in [1.29, 1.82) is 0 Å². The topological polar surface area (TPSA) is 134 Å². The van der Waals surface area contributed by atoms with Gasteiger partial charge in [-0.25, -0.2) is 9.00 Å². The van der Waals surface area contributed by atoms with Crippen molar-refractivity contribution in [3.8, 4) is 0 Å². The van der Waals surface area contributed by atoms with E-state index < -0.39 is 57.5 Å². The molecule has 0 aromatic carbocycles. The fourth-order valence-corrected chi connectivity index (χ4v) is 4.54. The number of hydrogen-bond donors (Lipinski definition) is 3. The summed E-state index contributed by atoms with van der Waals surface area (Å²) in [6.07, 6.45) is 3.58. The molecule has 10 nitrogen and oxygen atoms in total. The fraction of sp³-hybridized carbons (Fsp3) is 0.739. The molecule has 2 rings (SSSR count). The van der Waals surface area contributed by atoms with Crippen molar-refractivity contribution in [2.45, 2.75) is 84.0 Å². The Morgan fingerprint density at radius 1 is 1.18 bits per heavy atom. The average Bonchev–Trinajstić information content (AvgIpc) is 3.15. The van der Waals surface area contributed by atoms with E-state index in [1.807, 2.05) is 20.8 Å². The highest BCUT2D eigenvalue weighted by Crippen LogP contribution is 2.45. The summed E-state index contributed by atoms with van der Waals surface area (Å²) >= 11 is 0. The summed E-state index contributed by atoms with van der Waals surface area (Å²) < 4.78 is 19.2. The maximum absolute atomic E-state index is 13.5. The minimum absolute atomic E-state index is 0.290. The average molecular weight is 499 g/mol. The number of hydrogen-bond acceptors (Lipinski definition) is 6. The fourth-order valence-electron chi connectivity index (χ4n) is 4.10. The first-order valence-corrected chi connectivity index (χ1v) is 13.0. The van der Waals surface area contributed by atoms with E-state index in [0.717, 1.165) is 0 Å². The molecule has 0 aromatic rings. The van der Waals surface area contributed by atoms with E-state index in [1.165, 1.54) is 11.2 Å². The summed E-state index contributed by atoms with van der Waals surface area (Å²) in [5.74, 6) is -1.68. The number of amides is 4. The van der Waals surface area contributed by atoms with Gasteiger partial charge in [0.1, 0.15) is 34.2 Å². The molecular formula is C23H38N4O6S. The Labute approximate surface area is 204 Å². The summed E-state index contributed by atoms with van der Waals surface area (Å²) in [5, 5.41) is 5.46. The molecule has 3 N–H and O–H groups in total. The van der Waals surface area contributed by atoms with Crippen molar-refractivity contribution in [2.75, 3.05) is 12.8 Å². The molecule has 2 aliphatic rings. The van der Waals surface area contributed by atoms with Crippen LogP contribution in [0.15, 0.2) is 12.7 Å². The van der Waals surface area contributed by atoms with Crippen LogP contribution < -0.4 is 15.4 Å². The maximum atomic E-state index is 13.5. The Morgan fingerprint density at radius 2 is 1.79 bits per heavy atom. The van der Waals surface area contributed by atoms with Gasteiger partial charge in [-0.3, -0.25) is 19.1 Å². The summed E-state index contributed by atoms with van der Waals surface area (Å²) in [6.45, 7) is 14.7. The molecule has 1 saturated heterocycles. The van der Waals surface area contributed by atoms with Crippen molar-refractivity contribution in [1.82, 2.24) is 20.3 Å². The lowest BCUT2D eigenvalue weighted by molar-refractivity contribution is -0.142. The molecular weight excluding hydrogens is 460 g/mol.